The molecule has 0 unspecified atom stereocenters. The normalized spacial score (nSPS) is 10.1. The minimum atomic E-state index is 0.339. The number of benzene rings is 1. The molecule has 0 spiro atoms. The van der Waals surface area contributed by atoms with Crippen LogP contribution in [-0.4, -0.2) is 4.98 Å². The van der Waals surface area contributed by atoms with E-state index >= 15 is 0 Å². The second-order valence-corrected chi connectivity index (χ2v) is 4.81. The molecule has 0 saturated carbocycles. The minimum absolute atomic E-state index is 0.339. The molecule has 0 amide bonds. The van der Waals surface area contributed by atoms with Gasteiger partial charge in [-0.05, 0) is 49.6 Å². The lowest BCUT2D eigenvalue weighted by Gasteiger charge is -2.12. The van der Waals surface area contributed by atoms with Crippen molar-refractivity contribution in [2.75, 3.05) is 5.73 Å². The van der Waals surface area contributed by atoms with Gasteiger partial charge in [0.25, 0.3) is 0 Å². The number of aromatic nitrogens is 1. The third-order valence-corrected chi connectivity index (χ3v) is 3.36. The summed E-state index contributed by atoms with van der Waals surface area (Å²) < 4.78 is 5.77. The van der Waals surface area contributed by atoms with Crippen LogP contribution < -0.4 is 10.5 Å². The van der Waals surface area contributed by atoms with Crippen LogP contribution in [0.2, 0.25) is 0 Å². The number of rotatable bonds is 3. The molecule has 0 aliphatic heterocycles. The van der Waals surface area contributed by atoms with Gasteiger partial charge in [-0.1, -0.05) is 6.07 Å². The average Bonchev–Trinajstić information content (AvgIpc) is 2.45. The summed E-state index contributed by atoms with van der Waals surface area (Å²) in [6.07, 6.45) is 1.75. The number of hydrogen-bond acceptors (Lipinski definition) is 4. The van der Waals surface area contributed by atoms with E-state index in [9.17, 15) is 0 Å². The number of aryl methyl sites for hydroxylation is 2. The first-order valence-electron chi connectivity index (χ1n) is 6.37. The Hall–Kier alpha value is -2.54. The highest BCUT2D eigenvalue weighted by Gasteiger charge is 2.08. The van der Waals surface area contributed by atoms with Gasteiger partial charge in [0.2, 0.25) is 0 Å². The molecule has 2 rings (SSSR count). The molecule has 0 saturated heterocycles. The van der Waals surface area contributed by atoms with Gasteiger partial charge in [0, 0.05) is 11.9 Å². The smallest absolute Gasteiger partial charge is 0.131 e. The summed E-state index contributed by atoms with van der Waals surface area (Å²) in [5.41, 5.74) is 11.0. The number of anilines is 1. The van der Waals surface area contributed by atoms with Gasteiger partial charge < -0.3 is 10.5 Å². The summed E-state index contributed by atoms with van der Waals surface area (Å²) in [4.78, 5) is 4.36. The van der Waals surface area contributed by atoms with Crippen molar-refractivity contribution in [1.82, 2.24) is 4.98 Å². The lowest BCUT2D eigenvalue weighted by molar-refractivity contribution is 0.298. The Balaban J connectivity index is 2.21. The fraction of sp³-hybridized carbons (Fsp3) is 0.250. The molecule has 0 radical (unpaired) electrons. The van der Waals surface area contributed by atoms with Gasteiger partial charge in [-0.15, -0.1) is 0 Å². The molecule has 2 N–H and O–H groups in total. The summed E-state index contributed by atoms with van der Waals surface area (Å²) in [5.74, 6) is 0.699. The first kappa shape index (κ1) is 13.9. The molecule has 0 bridgehead atoms. The number of ether oxygens (including phenoxy) is 1. The molecule has 0 aliphatic carbocycles. The maximum atomic E-state index is 8.91. The maximum Gasteiger partial charge on any atom is 0.131 e. The molecule has 1 heterocycles. The fourth-order valence-corrected chi connectivity index (χ4v) is 1.91. The third-order valence-electron chi connectivity index (χ3n) is 3.36. The number of nitriles is 1. The second-order valence-electron chi connectivity index (χ2n) is 4.81. The van der Waals surface area contributed by atoms with E-state index in [-0.39, 0.29) is 0 Å². The lowest BCUT2D eigenvalue weighted by Crippen LogP contribution is -2.05. The Morgan fingerprint density at radius 2 is 2.00 bits per heavy atom. The first-order chi connectivity index (χ1) is 9.52. The Morgan fingerprint density at radius 1 is 1.25 bits per heavy atom. The van der Waals surface area contributed by atoms with Gasteiger partial charge in [-0.3, -0.25) is 4.98 Å². The van der Waals surface area contributed by atoms with Crippen molar-refractivity contribution in [2.45, 2.75) is 27.4 Å². The zero-order valence-corrected chi connectivity index (χ0v) is 11.9. The predicted molar refractivity (Wildman–Crippen MR) is 78.3 cm³/mol. The molecule has 1 aromatic heterocycles. The van der Waals surface area contributed by atoms with Gasteiger partial charge in [0.05, 0.1) is 17.3 Å². The van der Waals surface area contributed by atoms with Crippen LogP contribution >= 0.6 is 0 Å². The van der Waals surface area contributed by atoms with Crippen LogP contribution in [0.5, 0.6) is 5.75 Å². The predicted octanol–water partition coefficient (Wildman–Crippen LogP) is 3.04. The van der Waals surface area contributed by atoms with Gasteiger partial charge in [0.1, 0.15) is 12.4 Å². The second kappa shape index (κ2) is 5.62. The highest BCUT2D eigenvalue weighted by Crippen LogP contribution is 2.23. The molecule has 4 heteroatoms. The molecule has 0 atom stereocenters. The molecule has 1 aromatic carbocycles. The molecular weight excluding hydrogens is 250 g/mol. The number of hydrogen-bond donors (Lipinski definition) is 1. The quantitative estimate of drug-likeness (QED) is 0.927. The molecule has 0 fully saturated rings. The summed E-state index contributed by atoms with van der Waals surface area (Å²) in [5, 5.41) is 8.91. The van der Waals surface area contributed by atoms with Crippen LogP contribution in [0.25, 0.3) is 0 Å². The van der Waals surface area contributed by atoms with Gasteiger partial charge in [0.15, 0.2) is 0 Å². The SMILES string of the molecule is Cc1ccc(C#N)cc1OCc1ncc(C)c(N)c1C. The Bertz CT molecular complexity index is 687. The molecule has 20 heavy (non-hydrogen) atoms. The first-order valence-corrected chi connectivity index (χ1v) is 6.37. The lowest BCUT2D eigenvalue weighted by atomic mass is 10.1. The monoisotopic (exact) mass is 267 g/mol. The van der Waals surface area contributed by atoms with Crippen molar-refractivity contribution in [3.05, 3.63) is 52.3 Å². The van der Waals surface area contributed by atoms with Crippen molar-refractivity contribution in [2.24, 2.45) is 0 Å². The standard InChI is InChI=1S/C16H17N3O/c1-10-4-5-13(7-17)6-15(10)20-9-14-12(3)16(18)11(2)8-19-14/h4-6,8H,9H2,1-3H3,(H2,18,19). The summed E-state index contributed by atoms with van der Waals surface area (Å²) in [7, 11) is 0. The highest BCUT2D eigenvalue weighted by atomic mass is 16.5. The maximum absolute atomic E-state index is 8.91. The van der Waals surface area contributed by atoms with E-state index in [1.54, 1.807) is 18.3 Å². The van der Waals surface area contributed by atoms with Crippen molar-refractivity contribution in [3.63, 3.8) is 0 Å². The van der Waals surface area contributed by atoms with Crippen LogP contribution in [0, 0.1) is 32.1 Å². The van der Waals surface area contributed by atoms with E-state index in [0.29, 0.717) is 17.9 Å². The van der Waals surface area contributed by atoms with Crippen molar-refractivity contribution >= 4 is 5.69 Å². The summed E-state index contributed by atoms with van der Waals surface area (Å²) >= 11 is 0. The molecule has 0 aliphatic rings. The molecule has 102 valence electrons. The van der Waals surface area contributed by atoms with Crippen molar-refractivity contribution < 1.29 is 4.74 Å². The van der Waals surface area contributed by atoms with Gasteiger partial charge in [-0.25, -0.2) is 0 Å². The van der Waals surface area contributed by atoms with E-state index in [2.05, 4.69) is 11.1 Å². The highest BCUT2D eigenvalue weighted by molar-refractivity contribution is 5.53. The number of nitrogens with two attached hydrogens (primary N) is 1. The number of nitrogens with zero attached hydrogens (tertiary/aromatic N) is 2. The Morgan fingerprint density at radius 3 is 2.70 bits per heavy atom. The van der Waals surface area contributed by atoms with Crippen LogP contribution in [-0.2, 0) is 6.61 Å². The fourth-order valence-electron chi connectivity index (χ4n) is 1.91. The zero-order valence-electron chi connectivity index (χ0n) is 11.9. The largest absolute Gasteiger partial charge is 0.487 e. The zero-order chi connectivity index (χ0) is 14.7. The van der Waals surface area contributed by atoms with Gasteiger partial charge >= 0.3 is 0 Å². The van der Waals surface area contributed by atoms with E-state index in [0.717, 1.165) is 28.1 Å². The molecule has 4 nitrogen and oxygen atoms in total. The van der Waals surface area contributed by atoms with Crippen molar-refractivity contribution in [1.29, 1.82) is 5.26 Å². The number of nitrogen functional groups attached to an aromatic ring is 1. The van der Waals surface area contributed by atoms with E-state index in [1.165, 1.54) is 0 Å². The summed E-state index contributed by atoms with van der Waals surface area (Å²) in [6, 6.07) is 7.49. The van der Waals surface area contributed by atoms with Crippen LogP contribution in [0.1, 0.15) is 27.9 Å². The third kappa shape index (κ3) is 2.72. The Kier molecular flexibility index (Phi) is 3.90. The van der Waals surface area contributed by atoms with Crippen LogP contribution in [0.15, 0.2) is 24.4 Å². The van der Waals surface area contributed by atoms with E-state index in [1.807, 2.05) is 26.8 Å². The molecular formula is C16H17N3O. The minimum Gasteiger partial charge on any atom is -0.487 e. The summed E-state index contributed by atoms with van der Waals surface area (Å²) in [6.45, 7) is 6.15. The van der Waals surface area contributed by atoms with Gasteiger partial charge in [-0.2, -0.15) is 5.26 Å². The number of pyridine rings is 1. The topological polar surface area (TPSA) is 71.9 Å². The van der Waals surface area contributed by atoms with Crippen molar-refractivity contribution in [3.8, 4) is 11.8 Å². The van der Waals surface area contributed by atoms with E-state index in [4.69, 9.17) is 15.7 Å². The van der Waals surface area contributed by atoms with Crippen LogP contribution in [0.3, 0.4) is 0 Å². The van der Waals surface area contributed by atoms with E-state index < -0.39 is 0 Å². The Labute approximate surface area is 118 Å². The average molecular weight is 267 g/mol. The van der Waals surface area contributed by atoms with Crippen LogP contribution in [0.4, 0.5) is 5.69 Å². The molecule has 2 aromatic rings.